The highest BCUT2D eigenvalue weighted by Gasteiger charge is 2.24. The van der Waals surface area contributed by atoms with E-state index in [1.54, 1.807) is 5.51 Å². The van der Waals surface area contributed by atoms with Gasteiger partial charge in [-0.2, -0.15) is 0 Å². The van der Waals surface area contributed by atoms with Crippen LogP contribution in [0.15, 0.2) is 35.2 Å². The minimum Gasteiger partial charge on any atom is -0.493 e. The van der Waals surface area contributed by atoms with Crippen LogP contribution in [-0.4, -0.2) is 35.7 Å². The molecule has 4 rings (SSSR count). The predicted molar refractivity (Wildman–Crippen MR) is 114 cm³/mol. The molecule has 0 unspecified atom stereocenters. The Morgan fingerprint density at radius 2 is 1.93 bits per heavy atom. The van der Waals surface area contributed by atoms with Gasteiger partial charge in [-0.25, -0.2) is 9.78 Å². The van der Waals surface area contributed by atoms with Gasteiger partial charge in [-0.1, -0.05) is 31.0 Å². The third-order valence-electron chi connectivity index (χ3n) is 6.20. The predicted octanol–water partition coefficient (Wildman–Crippen LogP) is 5.62. The van der Waals surface area contributed by atoms with Crippen LogP contribution in [0.1, 0.15) is 62.1 Å². The maximum Gasteiger partial charge on any atom is 0.410 e. The molecular formula is C23H30N2O3S. The molecule has 1 aromatic heterocycles. The summed E-state index contributed by atoms with van der Waals surface area (Å²) in [6.45, 7) is 2.54. The second-order valence-electron chi connectivity index (χ2n) is 8.12. The Balaban J connectivity index is 1.17. The average molecular weight is 415 g/mol. The molecule has 0 radical (unpaired) electrons. The van der Waals surface area contributed by atoms with E-state index in [0.717, 1.165) is 50.4 Å². The fourth-order valence-electron chi connectivity index (χ4n) is 4.46. The zero-order chi connectivity index (χ0) is 19.9. The molecule has 1 aromatic carbocycles. The van der Waals surface area contributed by atoms with Crippen molar-refractivity contribution < 1.29 is 14.3 Å². The highest BCUT2D eigenvalue weighted by atomic mass is 32.1. The van der Waals surface area contributed by atoms with Crippen molar-refractivity contribution in [1.82, 2.24) is 9.88 Å². The molecule has 0 N–H and O–H groups in total. The van der Waals surface area contributed by atoms with Gasteiger partial charge in [0, 0.05) is 18.5 Å². The lowest BCUT2D eigenvalue weighted by Crippen LogP contribution is -2.39. The second-order valence-corrected chi connectivity index (χ2v) is 8.84. The number of piperidine rings is 1. The van der Waals surface area contributed by atoms with E-state index >= 15 is 0 Å². The normalized spacial score (nSPS) is 18.1. The minimum absolute atomic E-state index is 0.224. The Bertz CT molecular complexity index is 766. The van der Waals surface area contributed by atoms with Crippen LogP contribution in [0, 0.1) is 5.92 Å². The van der Waals surface area contributed by atoms with E-state index in [0.29, 0.717) is 11.8 Å². The second kappa shape index (κ2) is 10.1. The monoisotopic (exact) mass is 414 g/mol. The van der Waals surface area contributed by atoms with Gasteiger partial charge >= 0.3 is 6.09 Å². The Morgan fingerprint density at radius 3 is 2.69 bits per heavy atom. The molecule has 156 valence electrons. The average Bonchev–Trinajstić information content (AvgIpc) is 3.47. The van der Waals surface area contributed by atoms with Gasteiger partial charge in [-0.05, 0) is 55.6 Å². The number of hydrogen-bond donors (Lipinski definition) is 0. The first-order valence-corrected chi connectivity index (χ1v) is 11.7. The Morgan fingerprint density at radius 1 is 1.14 bits per heavy atom. The van der Waals surface area contributed by atoms with Crippen LogP contribution < -0.4 is 4.74 Å². The SMILES string of the molecule is O=C(OCc1cscn1)N1CCC(CCOc2ccccc2C2CCCC2)CC1. The Hall–Kier alpha value is -2.08. The van der Waals surface area contributed by atoms with Crippen molar-refractivity contribution in [2.24, 2.45) is 5.92 Å². The van der Waals surface area contributed by atoms with Gasteiger partial charge in [-0.15, -0.1) is 11.3 Å². The molecule has 1 amide bonds. The van der Waals surface area contributed by atoms with E-state index in [2.05, 4.69) is 29.2 Å². The van der Waals surface area contributed by atoms with Crippen molar-refractivity contribution in [3.63, 3.8) is 0 Å². The smallest absolute Gasteiger partial charge is 0.410 e. The molecule has 1 aliphatic heterocycles. The number of rotatable bonds is 7. The number of ether oxygens (including phenoxy) is 2. The molecule has 2 fully saturated rings. The Kier molecular flexibility index (Phi) is 7.04. The molecule has 0 bridgehead atoms. The van der Waals surface area contributed by atoms with Gasteiger partial charge in [0.1, 0.15) is 12.4 Å². The van der Waals surface area contributed by atoms with Gasteiger partial charge in [0.15, 0.2) is 0 Å². The fourth-order valence-corrected chi connectivity index (χ4v) is 5.00. The quantitative estimate of drug-likeness (QED) is 0.590. The molecule has 1 saturated heterocycles. The summed E-state index contributed by atoms with van der Waals surface area (Å²) in [6.07, 6.45) is 8.10. The largest absolute Gasteiger partial charge is 0.493 e. The lowest BCUT2D eigenvalue weighted by atomic mass is 9.94. The molecule has 6 heteroatoms. The summed E-state index contributed by atoms with van der Waals surface area (Å²) in [5.41, 5.74) is 3.96. The van der Waals surface area contributed by atoms with Crippen molar-refractivity contribution in [1.29, 1.82) is 0 Å². The summed E-state index contributed by atoms with van der Waals surface area (Å²) in [6, 6.07) is 8.56. The van der Waals surface area contributed by atoms with E-state index in [1.165, 1.54) is 42.6 Å². The van der Waals surface area contributed by atoms with Gasteiger partial charge in [-0.3, -0.25) is 0 Å². The number of likely N-dealkylation sites (tertiary alicyclic amines) is 1. The topological polar surface area (TPSA) is 51.7 Å². The van der Waals surface area contributed by atoms with Crippen molar-refractivity contribution >= 4 is 17.4 Å². The van der Waals surface area contributed by atoms with Crippen molar-refractivity contribution in [2.45, 2.75) is 57.5 Å². The number of hydrogen-bond acceptors (Lipinski definition) is 5. The zero-order valence-electron chi connectivity index (χ0n) is 16.9. The number of amides is 1. The molecule has 29 heavy (non-hydrogen) atoms. The fraction of sp³-hybridized carbons (Fsp3) is 0.565. The number of carbonyl (C=O) groups excluding carboxylic acids is 1. The third kappa shape index (κ3) is 5.50. The number of nitrogens with zero attached hydrogens (tertiary/aromatic N) is 2. The van der Waals surface area contributed by atoms with Crippen molar-refractivity contribution in [3.05, 3.63) is 46.4 Å². The molecule has 1 aliphatic carbocycles. The summed E-state index contributed by atoms with van der Waals surface area (Å²) >= 11 is 1.51. The van der Waals surface area contributed by atoms with Gasteiger partial charge in [0.2, 0.25) is 0 Å². The highest BCUT2D eigenvalue weighted by molar-refractivity contribution is 7.07. The summed E-state index contributed by atoms with van der Waals surface area (Å²) < 4.78 is 11.6. The van der Waals surface area contributed by atoms with E-state index in [4.69, 9.17) is 9.47 Å². The van der Waals surface area contributed by atoms with E-state index in [1.807, 2.05) is 10.3 Å². The zero-order valence-corrected chi connectivity index (χ0v) is 17.7. The third-order valence-corrected chi connectivity index (χ3v) is 6.83. The molecule has 0 atom stereocenters. The number of para-hydroxylation sites is 1. The van der Waals surface area contributed by atoms with Gasteiger partial charge in [0.05, 0.1) is 17.8 Å². The van der Waals surface area contributed by atoms with Crippen LogP contribution in [0.4, 0.5) is 4.79 Å². The first kappa shape index (κ1) is 20.2. The lowest BCUT2D eigenvalue weighted by molar-refractivity contribution is 0.0792. The number of aromatic nitrogens is 1. The van der Waals surface area contributed by atoms with Crippen LogP contribution in [0.5, 0.6) is 5.75 Å². The molecule has 1 saturated carbocycles. The van der Waals surface area contributed by atoms with Gasteiger partial charge < -0.3 is 14.4 Å². The highest BCUT2D eigenvalue weighted by Crippen LogP contribution is 2.38. The van der Waals surface area contributed by atoms with Crippen LogP contribution in [0.2, 0.25) is 0 Å². The number of benzene rings is 1. The standard InChI is InChI=1S/C23H30N2O3S/c26-23(28-15-20-16-29-17-24-20)25-12-9-18(10-13-25)11-14-27-22-8-4-3-7-21(22)19-5-1-2-6-19/h3-4,7-8,16-19H,1-2,5-6,9-15H2. The van der Waals surface area contributed by atoms with Crippen LogP contribution in [0.3, 0.4) is 0 Å². The molecule has 5 nitrogen and oxygen atoms in total. The maximum atomic E-state index is 12.2. The first-order valence-electron chi connectivity index (χ1n) is 10.8. The van der Waals surface area contributed by atoms with Gasteiger partial charge in [0.25, 0.3) is 0 Å². The number of carbonyl (C=O) groups is 1. The lowest BCUT2D eigenvalue weighted by Gasteiger charge is -2.31. The van der Waals surface area contributed by atoms with E-state index < -0.39 is 0 Å². The summed E-state index contributed by atoms with van der Waals surface area (Å²) in [5.74, 6) is 2.35. The molecule has 0 spiro atoms. The van der Waals surface area contributed by atoms with Crippen LogP contribution >= 0.6 is 11.3 Å². The number of thiazole rings is 1. The van der Waals surface area contributed by atoms with Crippen molar-refractivity contribution in [2.75, 3.05) is 19.7 Å². The summed E-state index contributed by atoms with van der Waals surface area (Å²) in [4.78, 5) is 18.2. The van der Waals surface area contributed by atoms with E-state index in [-0.39, 0.29) is 12.7 Å². The summed E-state index contributed by atoms with van der Waals surface area (Å²) in [5, 5.41) is 1.91. The van der Waals surface area contributed by atoms with Crippen LogP contribution in [-0.2, 0) is 11.3 Å². The molecule has 2 heterocycles. The van der Waals surface area contributed by atoms with Crippen LogP contribution in [0.25, 0.3) is 0 Å². The van der Waals surface area contributed by atoms with Crippen molar-refractivity contribution in [3.8, 4) is 5.75 Å². The molecule has 2 aliphatic rings. The minimum atomic E-state index is -0.224. The maximum absolute atomic E-state index is 12.2. The summed E-state index contributed by atoms with van der Waals surface area (Å²) in [7, 11) is 0. The molecular weight excluding hydrogens is 384 g/mol. The first-order chi connectivity index (χ1) is 14.3. The van der Waals surface area contributed by atoms with E-state index in [9.17, 15) is 4.79 Å². The Labute approximate surface area is 177 Å². The molecule has 2 aromatic rings.